The molecule has 5 nitrogen and oxygen atoms in total. The number of hydrogen-bond donors (Lipinski definition) is 1. The number of fused-ring (bicyclic) bond motifs is 1. The molecule has 1 atom stereocenters. The van der Waals surface area contributed by atoms with E-state index in [2.05, 4.69) is 11.4 Å². The summed E-state index contributed by atoms with van der Waals surface area (Å²) in [5.74, 6) is 1.51. The van der Waals surface area contributed by atoms with Gasteiger partial charge in [0.15, 0.2) is 17.3 Å². The number of carbonyl (C=O) groups is 1. The van der Waals surface area contributed by atoms with E-state index in [1.807, 2.05) is 57.2 Å². The molecule has 0 bridgehead atoms. The summed E-state index contributed by atoms with van der Waals surface area (Å²) in [5, 5.41) is 3.46. The van der Waals surface area contributed by atoms with Gasteiger partial charge in [0.25, 0.3) is 0 Å². The largest absolute Gasteiger partial charge is 0.493 e. The monoisotopic (exact) mass is 397 g/mol. The zero-order chi connectivity index (χ0) is 20.9. The third-order valence-corrected chi connectivity index (χ3v) is 4.92. The highest BCUT2D eigenvalue weighted by atomic mass is 16.5. The minimum absolute atomic E-state index is 0.0353. The molecular weight excluding hydrogens is 366 g/mol. The zero-order valence-corrected chi connectivity index (χ0v) is 17.8. The molecule has 0 saturated carbocycles. The number of nitrogens with one attached hydrogen (secondary N) is 1. The van der Waals surface area contributed by atoms with Gasteiger partial charge in [-0.3, -0.25) is 4.79 Å². The molecule has 1 N–H and O–H groups in total. The van der Waals surface area contributed by atoms with E-state index >= 15 is 0 Å². The molecule has 0 radical (unpaired) electrons. The highest BCUT2D eigenvalue weighted by Gasteiger charge is 2.25. The highest BCUT2D eigenvalue weighted by Crippen LogP contribution is 2.36. The van der Waals surface area contributed by atoms with Gasteiger partial charge >= 0.3 is 0 Å². The molecule has 0 amide bonds. The van der Waals surface area contributed by atoms with Crippen molar-refractivity contribution in [3.63, 3.8) is 0 Å². The van der Waals surface area contributed by atoms with E-state index in [-0.39, 0.29) is 24.0 Å². The van der Waals surface area contributed by atoms with Crippen LogP contribution in [0.4, 0.5) is 0 Å². The van der Waals surface area contributed by atoms with Gasteiger partial charge < -0.3 is 19.5 Å². The first-order chi connectivity index (χ1) is 13.9. The average Bonchev–Trinajstić information content (AvgIpc) is 2.70. The molecular formula is C24H31NO4. The maximum atomic E-state index is 12.4. The summed E-state index contributed by atoms with van der Waals surface area (Å²) in [6.45, 7) is 7.31. The predicted molar refractivity (Wildman–Crippen MR) is 114 cm³/mol. The van der Waals surface area contributed by atoms with Crippen LogP contribution in [0.2, 0.25) is 0 Å². The Bertz CT molecular complexity index is 827. The lowest BCUT2D eigenvalue weighted by atomic mass is 9.91. The van der Waals surface area contributed by atoms with Crippen LogP contribution < -0.4 is 14.8 Å². The summed E-state index contributed by atoms with van der Waals surface area (Å²) >= 11 is 0. The summed E-state index contributed by atoms with van der Waals surface area (Å²) in [4.78, 5) is 12.4. The molecule has 1 aliphatic rings. The van der Waals surface area contributed by atoms with Crippen LogP contribution in [0.5, 0.6) is 11.5 Å². The molecule has 3 rings (SSSR count). The standard InChI is InChI=1S/C24H31NO4/c1-24(2,3)29-16-19(26)13-21-20-14-22(27-4)23(12-18(20)10-11-25-21)28-15-17-8-6-5-7-9-17/h5-9,12,14,21,25H,10-11,13,15-16H2,1-4H3. The van der Waals surface area contributed by atoms with Gasteiger partial charge in [0.05, 0.1) is 12.7 Å². The highest BCUT2D eigenvalue weighted by molar-refractivity contribution is 5.80. The van der Waals surface area contributed by atoms with Crippen LogP contribution in [0.25, 0.3) is 0 Å². The second-order valence-electron chi connectivity index (χ2n) is 8.38. The van der Waals surface area contributed by atoms with Gasteiger partial charge in [-0.1, -0.05) is 30.3 Å². The molecule has 29 heavy (non-hydrogen) atoms. The maximum Gasteiger partial charge on any atom is 0.161 e. The van der Waals surface area contributed by atoms with Gasteiger partial charge in [-0.25, -0.2) is 0 Å². The van der Waals surface area contributed by atoms with E-state index in [4.69, 9.17) is 14.2 Å². The van der Waals surface area contributed by atoms with E-state index < -0.39 is 0 Å². The van der Waals surface area contributed by atoms with Crippen molar-refractivity contribution in [1.82, 2.24) is 5.32 Å². The summed E-state index contributed by atoms with van der Waals surface area (Å²) in [5.41, 5.74) is 3.09. The zero-order valence-electron chi connectivity index (χ0n) is 17.8. The Kier molecular flexibility index (Phi) is 6.93. The van der Waals surface area contributed by atoms with Crippen LogP contribution in [0.15, 0.2) is 42.5 Å². The Labute approximate surface area is 173 Å². The van der Waals surface area contributed by atoms with Crippen molar-refractivity contribution in [1.29, 1.82) is 0 Å². The number of benzene rings is 2. The fraction of sp³-hybridized carbons (Fsp3) is 0.458. The molecule has 2 aromatic rings. The lowest BCUT2D eigenvalue weighted by Gasteiger charge is -2.28. The Hall–Kier alpha value is -2.37. The second kappa shape index (κ2) is 9.42. The maximum absolute atomic E-state index is 12.4. The van der Waals surface area contributed by atoms with Crippen molar-refractivity contribution < 1.29 is 19.0 Å². The molecule has 0 aromatic heterocycles. The number of Topliss-reactive ketones (excluding diaryl/α,β-unsaturated/α-hetero) is 1. The lowest BCUT2D eigenvalue weighted by Crippen LogP contribution is -2.33. The fourth-order valence-corrected chi connectivity index (χ4v) is 3.42. The second-order valence-corrected chi connectivity index (χ2v) is 8.38. The lowest BCUT2D eigenvalue weighted by molar-refractivity contribution is -0.129. The average molecular weight is 398 g/mol. The minimum atomic E-state index is -0.318. The smallest absolute Gasteiger partial charge is 0.161 e. The SMILES string of the molecule is COc1cc2c(cc1OCc1ccccc1)CCNC2CC(=O)COC(C)(C)C. The number of carbonyl (C=O) groups excluding carboxylic acids is 1. The van der Waals surface area contributed by atoms with Crippen molar-refractivity contribution >= 4 is 5.78 Å². The van der Waals surface area contributed by atoms with Crippen molar-refractivity contribution in [3.05, 3.63) is 59.2 Å². The van der Waals surface area contributed by atoms with Gasteiger partial charge in [0, 0.05) is 12.5 Å². The first-order valence-corrected chi connectivity index (χ1v) is 10.1. The quantitative estimate of drug-likeness (QED) is 0.722. The molecule has 5 heteroatoms. The Morgan fingerprint density at radius 2 is 1.90 bits per heavy atom. The van der Waals surface area contributed by atoms with E-state index in [1.165, 1.54) is 5.56 Å². The van der Waals surface area contributed by atoms with Crippen molar-refractivity contribution in [2.24, 2.45) is 0 Å². The van der Waals surface area contributed by atoms with E-state index in [1.54, 1.807) is 7.11 Å². The van der Waals surface area contributed by atoms with E-state index in [0.29, 0.717) is 18.8 Å². The Morgan fingerprint density at radius 1 is 1.14 bits per heavy atom. The van der Waals surface area contributed by atoms with Crippen LogP contribution in [0.1, 0.15) is 49.9 Å². The molecule has 2 aromatic carbocycles. The molecule has 1 unspecified atom stereocenters. The third-order valence-electron chi connectivity index (χ3n) is 4.92. The van der Waals surface area contributed by atoms with Crippen LogP contribution >= 0.6 is 0 Å². The van der Waals surface area contributed by atoms with Crippen LogP contribution in [0, 0.1) is 0 Å². The van der Waals surface area contributed by atoms with Gasteiger partial charge in [-0.05, 0) is 62.6 Å². The number of ketones is 1. The van der Waals surface area contributed by atoms with Gasteiger partial charge in [-0.15, -0.1) is 0 Å². The van der Waals surface area contributed by atoms with E-state index in [9.17, 15) is 4.79 Å². The van der Waals surface area contributed by atoms with Gasteiger partial charge in [-0.2, -0.15) is 0 Å². The number of rotatable bonds is 8. The van der Waals surface area contributed by atoms with Crippen molar-refractivity contribution in [2.45, 2.75) is 51.9 Å². The molecule has 0 aliphatic carbocycles. The molecule has 1 heterocycles. The van der Waals surface area contributed by atoms with Crippen molar-refractivity contribution in [3.8, 4) is 11.5 Å². The topological polar surface area (TPSA) is 56.8 Å². The minimum Gasteiger partial charge on any atom is -0.493 e. The van der Waals surface area contributed by atoms with Crippen molar-refractivity contribution in [2.75, 3.05) is 20.3 Å². The number of hydrogen-bond acceptors (Lipinski definition) is 5. The summed E-state index contributed by atoms with van der Waals surface area (Å²) in [6.07, 6.45) is 1.29. The number of ether oxygens (including phenoxy) is 3. The Morgan fingerprint density at radius 3 is 2.59 bits per heavy atom. The first kappa shape index (κ1) is 21.3. The van der Waals surface area contributed by atoms with Crippen LogP contribution in [-0.2, 0) is 22.6 Å². The molecule has 156 valence electrons. The Balaban J connectivity index is 1.72. The van der Waals surface area contributed by atoms with Crippen LogP contribution in [-0.4, -0.2) is 31.6 Å². The summed E-state index contributed by atoms with van der Waals surface area (Å²) in [6, 6.07) is 14.1. The number of methoxy groups -OCH3 is 1. The normalized spacial score (nSPS) is 16.2. The van der Waals surface area contributed by atoms with Gasteiger partial charge in [0.2, 0.25) is 0 Å². The molecule has 0 spiro atoms. The molecule has 1 aliphatic heterocycles. The fourth-order valence-electron chi connectivity index (χ4n) is 3.42. The summed E-state index contributed by atoms with van der Waals surface area (Å²) in [7, 11) is 1.64. The van der Waals surface area contributed by atoms with Gasteiger partial charge in [0.1, 0.15) is 13.2 Å². The molecule has 0 fully saturated rings. The first-order valence-electron chi connectivity index (χ1n) is 10.1. The van der Waals surface area contributed by atoms with E-state index in [0.717, 1.165) is 29.8 Å². The predicted octanol–water partition coefficient (Wildman–Crippen LogP) is 4.24. The summed E-state index contributed by atoms with van der Waals surface area (Å²) < 4.78 is 17.3. The van der Waals surface area contributed by atoms with Crippen LogP contribution in [0.3, 0.4) is 0 Å². The third kappa shape index (κ3) is 6.05. The molecule has 0 saturated heterocycles.